The molecule has 0 saturated carbocycles. The molecule has 0 spiro atoms. The fraction of sp³-hybridized carbons (Fsp3) is 0.333. The second-order valence-electron chi connectivity index (χ2n) is 5.40. The molecule has 0 fully saturated rings. The maximum atomic E-state index is 12.8. The fourth-order valence-electron chi connectivity index (χ4n) is 2.39. The van der Waals surface area contributed by atoms with Gasteiger partial charge in [0.15, 0.2) is 0 Å². The van der Waals surface area contributed by atoms with E-state index >= 15 is 0 Å². The summed E-state index contributed by atoms with van der Waals surface area (Å²) in [5.74, 6) is 1.39. The smallest absolute Gasteiger partial charge is 0.416 e. The standard InChI is InChI=1S/C18H20F3NO2/c1-12(13-5-4-6-15(9-13)18(19,20)21)22-11-14-10-16(23-2)7-8-17(14)24-3/h4-10,12,22H,11H2,1-3H3. The van der Waals surface area contributed by atoms with Gasteiger partial charge in [-0.2, -0.15) is 13.2 Å². The lowest BCUT2D eigenvalue weighted by Gasteiger charge is -2.17. The molecule has 1 unspecified atom stereocenters. The summed E-state index contributed by atoms with van der Waals surface area (Å²) in [7, 11) is 3.14. The molecule has 24 heavy (non-hydrogen) atoms. The highest BCUT2D eigenvalue weighted by molar-refractivity contribution is 5.40. The zero-order valence-corrected chi connectivity index (χ0v) is 13.8. The van der Waals surface area contributed by atoms with Gasteiger partial charge in [-0.05, 0) is 42.8 Å². The van der Waals surface area contributed by atoms with Gasteiger partial charge in [-0.1, -0.05) is 12.1 Å². The van der Waals surface area contributed by atoms with Crippen molar-refractivity contribution in [2.24, 2.45) is 0 Å². The maximum absolute atomic E-state index is 12.8. The van der Waals surface area contributed by atoms with Crippen LogP contribution < -0.4 is 14.8 Å². The van der Waals surface area contributed by atoms with Crippen LogP contribution in [0.5, 0.6) is 11.5 Å². The number of benzene rings is 2. The van der Waals surface area contributed by atoms with Gasteiger partial charge in [-0.3, -0.25) is 0 Å². The molecule has 0 aliphatic rings. The number of rotatable bonds is 6. The Morgan fingerprint density at radius 2 is 1.79 bits per heavy atom. The minimum absolute atomic E-state index is 0.247. The van der Waals surface area contributed by atoms with Gasteiger partial charge >= 0.3 is 6.18 Å². The third kappa shape index (κ3) is 4.41. The van der Waals surface area contributed by atoms with Crippen molar-refractivity contribution < 1.29 is 22.6 Å². The monoisotopic (exact) mass is 339 g/mol. The Bertz CT molecular complexity index is 686. The summed E-state index contributed by atoms with van der Waals surface area (Å²) in [6.45, 7) is 2.26. The molecule has 0 heterocycles. The molecule has 0 aliphatic carbocycles. The molecule has 1 atom stereocenters. The molecule has 2 aromatic rings. The maximum Gasteiger partial charge on any atom is 0.416 e. The van der Waals surface area contributed by atoms with Crippen LogP contribution in [-0.4, -0.2) is 14.2 Å². The van der Waals surface area contributed by atoms with Crippen LogP contribution in [0, 0.1) is 0 Å². The number of methoxy groups -OCH3 is 2. The third-order valence-electron chi connectivity index (χ3n) is 3.80. The molecular formula is C18H20F3NO2. The van der Waals surface area contributed by atoms with Crippen molar-refractivity contribution in [1.29, 1.82) is 0 Å². The number of hydrogen-bond acceptors (Lipinski definition) is 3. The third-order valence-corrected chi connectivity index (χ3v) is 3.80. The van der Waals surface area contributed by atoms with Gasteiger partial charge in [0.1, 0.15) is 11.5 Å². The summed E-state index contributed by atoms with van der Waals surface area (Å²) >= 11 is 0. The topological polar surface area (TPSA) is 30.5 Å². The van der Waals surface area contributed by atoms with Crippen molar-refractivity contribution in [2.45, 2.75) is 25.7 Å². The molecule has 6 heteroatoms. The number of halogens is 3. The second-order valence-corrected chi connectivity index (χ2v) is 5.40. The molecule has 2 aromatic carbocycles. The van der Waals surface area contributed by atoms with E-state index in [1.807, 2.05) is 13.0 Å². The second kappa shape index (κ2) is 7.57. The lowest BCUT2D eigenvalue weighted by Crippen LogP contribution is -2.19. The van der Waals surface area contributed by atoms with E-state index in [0.717, 1.165) is 11.6 Å². The largest absolute Gasteiger partial charge is 0.497 e. The van der Waals surface area contributed by atoms with Gasteiger partial charge in [0, 0.05) is 18.2 Å². The summed E-state index contributed by atoms with van der Waals surface area (Å²) in [6.07, 6.45) is -4.34. The first-order valence-corrected chi connectivity index (χ1v) is 7.46. The molecule has 3 nitrogen and oxygen atoms in total. The van der Waals surface area contributed by atoms with Crippen LogP contribution in [0.1, 0.15) is 29.7 Å². The molecule has 1 N–H and O–H groups in total. The summed E-state index contributed by atoms with van der Waals surface area (Å²) in [5.41, 5.74) is 0.801. The van der Waals surface area contributed by atoms with Crippen molar-refractivity contribution in [3.05, 3.63) is 59.2 Å². The molecule has 0 amide bonds. The number of ether oxygens (including phenoxy) is 2. The minimum Gasteiger partial charge on any atom is -0.497 e. The highest BCUT2D eigenvalue weighted by Crippen LogP contribution is 2.31. The normalized spacial score (nSPS) is 12.8. The van der Waals surface area contributed by atoms with Crippen LogP contribution in [0.15, 0.2) is 42.5 Å². The van der Waals surface area contributed by atoms with Gasteiger partial charge in [-0.25, -0.2) is 0 Å². The van der Waals surface area contributed by atoms with Crippen molar-refractivity contribution in [2.75, 3.05) is 14.2 Å². The van der Waals surface area contributed by atoms with Crippen molar-refractivity contribution in [3.63, 3.8) is 0 Å². The molecule has 0 saturated heterocycles. The number of nitrogens with one attached hydrogen (secondary N) is 1. The quantitative estimate of drug-likeness (QED) is 0.836. The van der Waals surface area contributed by atoms with E-state index in [9.17, 15) is 13.2 Å². The van der Waals surface area contributed by atoms with E-state index in [0.29, 0.717) is 23.6 Å². The highest BCUT2D eigenvalue weighted by atomic mass is 19.4. The minimum atomic E-state index is -4.34. The van der Waals surface area contributed by atoms with Crippen molar-refractivity contribution in [1.82, 2.24) is 5.32 Å². The Morgan fingerprint density at radius 1 is 1.04 bits per heavy atom. The molecule has 0 bridgehead atoms. The molecule has 0 radical (unpaired) electrons. The Labute approximate surface area is 139 Å². The summed E-state index contributed by atoms with van der Waals surface area (Å²) in [6, 6.07) is 10.5. The van der Waals surface area contributed by atoms with E-state index in [1.165, 1.54) is 12.1 Å². The van der Waals surface area contributed by atoms with Crippen molar-refractivity contribution >= 4 is 0 Å². The van der Waals surface area contributed by atoms with Crippen LogP contribution in [-0.2, 0) is 12.7 Å². The Morgan fingerprint density at radius 3 is 2.42 bits per heavy atom. The predicted molar refractivity (Wildman–Crippen MR) is 86.2 cm³/mol. The fourth-order valence-corrected chi connectivity index (χ4v) is 2.39. The van der Waals surface area contributed by atoms with Crippen LogP contribution in [0.25, 0.3) is 0 Å². The van der Waals surface area contributed by atoms with Crippen LogP contribution >= 0.6 is 0 Å². The average molecular weight is 339 g/mol. The zero-order valence-electron chi connectivity index (χ0n) is 13.8. The average Bonchev–Trinajstić information content (AvgIpc) is 2.58. The summed E-state index contributed by atoms with van der Waals surface area (Å²) < 4.78 is 48.9. The highest BCUT2D eigenvalue weighted by Gasteiger charge is 2.30. The first-order valence-electron chi connectivity index (χ1n) is 7.46. The van der Waals surface area contributed by atoms with Gasteiger partial charge in [0.2, 0.25) is 0 Å². The van der Waals surface area contributed by atoms with E-state index < -0.39 is 11.7 Å². The van der Waals surface area contributed by atoms with Gasteiger partial charge in [0.05, 0.1) is 19.8 Å². The lowest BCUT2D eigenvalue weighted by molar-refractivity contribution is -0.137. The lowest BCUT2D eigenvalue weighted by atomic mass is 10.0. The molecular weight excluding hydrogens is 319 g/mol. The SMILES string of the molecule is COc1ccc(OC)c(CNC(C)c2cccc(C(F)(F)F)c2)c1. The summed E-state index contributed by atoms with van der Waals surface area (Å²) in [5, 5.41) is 3.22. The summed E-state index contributed by atoms with van der Waals surface area (Å²) in [4.78, 5) is 0. The molecule has 0 aliphatic heterocycles. The van der Waals surface area contributed by atoms with E-state index in [2.05, 4.69) is 5.32 Å². The van der Waals surface area contributed by atoms with Gasteiger partial charge in [0.25, 0.3) is 0 Å². The number of alkyl halides is 3. The Hall–Kier alpha value is -2.21. The van der Waals surface area contributed by atoms with E-state index in [1.54, 1.807) is 32.4 Å². The Balaban J connectivity index is 2.12. The number of hydrogen-bond donors (Lipinski definition) is 1. The zero-order chi connectivity index (χ0) is 17.7. The predicted octanol–water partition coefficient (Wildman–Crippen LogP) is 4.57. The molecule has 2 rings (SSSR count). The van der Waals surface area contributed by atoms with E-state index in [-0.39, 0.29) is 6.04 Å². The van der Waals surface area contributed by atoms with Gasteiger partial charge in [-0.15, -0.1) is 0 Å². The first-order chi connectivity index (χ1) is 11.3. The molecule has 130 valence electrons. The first kappa shape index (κ1) is 18.1. The van der Waals surface area contributed by atoms with Gasteiger partial charge < -0.3 is 14.8 Å². The van der Waals surface area contributed by atoms with Crippen molar-refractivity contribution in [3.8, 4) is 11.5 Å². The van der Waals surface area contributed by atoms with Crippen LogP contribution in [0.4, 0.5) is 13.2 Å². The van der Waals surface area contributed by atoms with Crippen LogP contribution in [0.3, 0.4) is 0 Å². The van der Waals surface area contributed by atoms with E-state index in [4.69, 9.17) is 9.47 Å². The molecule has 0 aromatic heterocycles. The Kier molecular flexibility index (Phi) is 5.72. The van der Waals surface area contributed by atoms with Crippen LogP contribution in [0.2, 0.25) is 0 Å².